The molecule has 0 saturated heterocycles. The van der Waals surface area contributed by atoms with E-state index in [0.29, 0.717) is 19.4 Å². The summed E-state index contributed by atoms with van der Waals surface area (Å²) in [5.74, 6) is -2.66. The zero-order chi connectivity index (χ0) is 17.3. The summed E-state index contributed by atoms with van der Waals surface area (Å²) in [6.07, 6.45) is 1.39. The maximum absolute atomic E-state index is 13.0. The van der Waals surface area contributed by atoms with Crippen LogP contribution in [-0.4, -0.2) is 30.7 Å². The molecule has 2 bridgehead atoms. The van der Waals surface area contributed by atoms with Gasteiger partial charge in [-0.05, 0) is 36.5 Å². The Hall–Kier alpha value is -2.08. The molecule has 0 heterocycles. The van der Waals surface area contributed by atoms with E-state index in [1.807, 2.05) is 0 Å². The lowest BCUT2D eigenvalue weighted by molar-refractivity contribution is -0.151. The Kier molecular flexibility index (Phi) is 4.76. The minimum atomic E-state index is -0.510. The van der Waals surface area contributed by atoms with Crippen molar-refractivity contribution in [3.8, 4) is 0 Å². The van der Waals surface area contributed by atoms with E-state index in [4.69, 9.17) is 4.74 Å². The van der Waals surface area contributed by atoms with E-state index in [1.54, 1.807) is 12.1 Å². The number of hydrogen-bond donors (Lipinski definition) is 1. The minimum Gasteiger partial charge on any atom is -0.469 e. The molecule has 6 heteroatoms. The second kappa shape index (κ2) is 6.81. The van der Waals surface area contributed by atoms with Crippen LogP contribution in [0.4, 0.5) is 4.39 Å². The third-order valence-electron chi connectivity index (χ3n) is 5.16. The van der Waals surface area contributed by atoms with Gasteiger partial charge in [-0.25, -0.2) is 4.39 Å². The van der Waals surface area contributed by atoms with Crippen LogP contribution < -0.4 is 5.32 Å². The van der Waals surface area contributed by atoms with E-state index in [1.165, 1.54) is 19.2 Å². The molecule has 0 radical (unpaired) electrons. The van der Waals surface area contributed by atoms with Crippen LogP contribution in [0.25, 0.3) is 0 Å². The molecule has 0 amide bonds. The van der Waals surface area contributed by atoms with Crippen LogP contribution in [-0.2, 0) is 25.7 Å². The highest BCUT2D eigenvalue weighted by atomic mass is 19.1. The summed E-state index contributed by atoms with van der Waals surface area (Å²) < 4.78 is 17.9. The van der Waals surface area contributed by atoms with E-state index in [0.717, 1.165) is 5.56 Å². The number of rotatable bonds is 4. The number of benzene rings is 1. The van der Waals surface area contributed by atoms with Gasteiger partial charge in [0.05, 0.1) is 13.0 Å². The average molecular weight is 333 g/mol. The van der Waals surface area contributed by atoms with E-state index >= 15 is 0 Å². The first-order valence-corrected chi connectivity index (χ1v) is 8.14. The Labute approximate surface area is 139 Å². The first-order valence-electron chi connectivity index (χ1n) is 8.14. The summed E-state index contributed by atoms with van der Waals surface area (Å²) >= 11 is 0. The number of hydrogen-bond acceptors (Lipinski definition) is 5. The number of esters is 1. The van der Waals surface area contributed by atoms with Crippen molar-refractivity contribution in [3.05, 3.63) is 35.6 Å². The number of Topliss-reactive ketones (excluding diaryl/α,β-unsaturated/α-hetero) is 2. The molecule has 3 fully saturated rings. The maximum atomic E-state index is 13.0. The molecule has 24 heavy (non-hydrogen) atoms. The fraction of sp³-hybridized carbons (Fsp3) is 0.500. The second-order valence-corrected chi connectivity index (χ2v) is 6.52. The zero-order valence-electron chi connectivity index (χ0n) is 13.5. The van der Waals surface area contributed by atoms with E-state index in [9.17, 15) is 18.8 Å². The summed E-state index contributed by atoms with van der Waals surface area (Å²) in [5.41, 5.74) is 0.846. The summed E-state index contributed by atoms with van der Waals surface area (Å²) in [4.78, 5) is 36.6. The third-order valence-corrected chi connectivity index (χ3v) is 5.16. The molecule has 128 valence electrons. The number of nitrogens with one attached hydrogen (secondary N) is 1. The normalized spacial score (nSPS) is 29.4. The van der Waals surface area contributed by atoms with Crippen LogP contribution in [0.3, 0.4) is 0 Å². The molecule has 4 rings (SSSR count). The van der Waals surface area contributed by atoms with Gasteiger partial charge < -0.3 is 10.1 Å². The van der Waals surface area contributed by atoms with Crippen molar-refractivity contribution in [1.82, 2.24) is 5.32 Å². The van der Waals surface area contributed by atoms with Gasteiger partial charge >= 0.3 is 5.97 Å². The van der Waals surface area contributed by atoms with Crippen molar-refractivity contribution in [2.24, 2.45) is 17.8 Å². The van der Waals surface area contributed by atoms with Gasteiger partial charge in [0.25, 0.3) is 0 Å². The van der Waals surface area contributed by atoms with Crippen molar-refractivity contribution in [2.45, 2.75) is 31.8 Å². The van der Waals surface area contributed by atoms with Crippen molar-refractivity contribution >= 4 is 17.5 Å². The number of fused-ring (bicyclic) bond motifs is 4. The molecule has 3 aliphatic carbocycles. The van der Waals surface area contributed by atoms with Crippen molar-refractivity contribution in [3.63, 3.8) is 0 Å². The number of carbonyl (C=O) groups excluding carboxylic acids is 3. The lowest BCUT2D eigenvalue weighted by Gasteiger charge is -2.38. The maximum Gasteiger partial charge on any atom is 0.310 e. The van der Waals surface area contributed by atoms with E-state index in [-0.39, 0.29) is 35.7 Å². The Bertz CT molecular complexity index is 657. The largest absolute Gasteiger partial charge is 0.469 e. The van der Waals surface area contributed by atoms with Crippen molar-refractivity contribution < 1.29 is 23.5 Å². The fourth-order valence-corrected chi connectivity index (χ4v) is 3.95. The average Bonchev–Trinajstić information content (AvgIpc) is 2.78. The van der Waals surface area contributed by atoms with Crippen LogP contribution in [0.2, 0.25) is 0 Å². The standard InChI is InChI=1S/C18H20FNO4/c1-24-18(23)15-11-4-7-13(17(22)14(21)8-11)16(15)20-9-10-2-5-12(19)6-3-10/h2-3,5-6,11,13,15-16,20H,4,7-9H2,1H3. The number of methoxy groups -OCH3 is 1. The number of ketones is 2. The molecule has 0 aliphatic heterocycles. The third kappa shape index (κ3) is 3.11. The summed E-state index contributed by atoms with van der Waals surface area (Å²) in [6.45, 7) is 0.392. The molecule has 0 spiro atoms. The predicted molar refractivity (Wildman–Crippen MR) is 83.4 cm³/mol. The Morgan fingerprint density at radius 2 is 1.96 bits per heavy atom. The minimum absolute atomic E-state index is 0.115. The summed E-state index contributed by atoms with van der Waals surface area (Å²) in [5, 5.41) is 3.25. The fourth-order valence-electron chi connectivity index (χ4n) is 3.95. The lowest BCUT2D eigenvalue weighted by atomic mass is 9.71. The summed E-state index contributed by atoms with van der Waals surface area (Å²) in [7, 11) is 1.32. The first-order chi connectivity index (χ1) is 11.5. The molecular formula is C18H20FNO4. The van der Waals surface area contributed by atoms with Gasteiger partial charge in [0.2, 0.25) is 5.78 Å². The van der Waals surface area contributed by atoms with Gasteiger partial charge in [-0.1, -0.05) is 12.1 Å². The molecule has 4 unspecified atom stereocenters. The molecule has 1 aromatic rings. The van der Waals surface area contributed by atoms with Gasteiger partial charge in [0, 0.05) is 24.9 Å². The van der Waals surface area contributed by atoms with Crippen molar-refractivity contribution in [1.29, 1.82) is 0 Å². The predicted octanol–water partition coefficient (Wildman–Crippen LogP) is 1.64. The molecule has 3 saturated carbocycles. The first kappa shape index (κ1) is 16.8. The molecule has 1 aromatic carbocycles. The summed E-state index contributed by atoms with van der Waals surface area (Å²) in [6, 6.07) is 5.60. The highest BCUT2D eigenvalue weighted by Crippen LogP contribution is 2.41. The van der Waals surface area contributed by atoms with Gasteiger partial charge in [-0.15, -0.1) is 0 Å². The number of halogens is 1. The molecule has 1 N–H and O–H groups in total. The van der Waals surface area contributed by atoms with E-state index < -0.39 is 17.9 Å². The Balaban J connectivity index is 1.83. The number of ether oxygens (including phenoxy) is 1. The van der Waals surface area contributed by atoms with E-state index in [2.05, 4.69) is 5.32 Å². The highest BCUT2D eigenvalue weighted by Gasteiger charge is 2.51. The Morgan fingerprint density at radius 1 is 1.25 bits per heavy atom. The van der Waals surface area contributed by atoms with Gasteiger partial charge in [-0.2, -0.15) is 0 Å². The second-order valence-electron chi connectivity index (χ2n) is 6.52. The van der Waals surface area contributed by atoms with Gasteiger partial charge in [0.15, 0.2) is 5.78 Å². The SMILES string of the molecule is COC(=O)C1C2CCC(C(=O)C(=O)C2)C1NCc1ccc(F)cc1. The van der Waals surface area contributed by atoms with Crippen LogP contribution in [0.1, 0.15) is 24.8 Å². The van der Waals surface area contributed by atoms with Crippen LogP contribution in [0.5, 0.6) is 0 Å². The Morgan fingerprint density at radius 3 is 2.62 bits per heavy atom. The monoisotopic (exact) mass is 333 g/mol. The molecular weight excluding hydrogens is 313 g/mol. The number of carbonyl (C=O) groups is 3. The lowest BCUT2D eigenvalue weighted by Crippen LogP contribution is -2.51. The topological polar surface area (TPSA) is 72.5 Å². The quantitative estimate of drug-likeness (QED) is 0.670. The molecule has 0 aromatic heterocycles. The van der Waals surface area contributed by atoms with Gasteiger partial charge in [-0.3, -0.25) is 14.4 Å². The van der Waals surface area contributed by atoms with Crippen LogP contribution >= 0.6 is 0 Å². The van der Waals surface area contributed by atoms with Crippen LogP contribution in [0, 0.1) is 23.6 Å². The van der Waals surface area contributed by atoms with Crippen LogP contribution in [0.15, 0.2) is 24.3 Å². The van der Waals surface area contributed by atoms with Crippen molar-refractivity contribution in [2.75, 3.05) is 7.11 Å². The highest BCUT2D eigenvalue weighted by molar-refractivity contribution is 6.38. The molecule has 5 nitrogen and oxygen atoms in total. The molecule has 3 aliphatic rings. The van der Waals surface area contributed by atoms with Gasteiger partial charge in [0.1, 0.15) is 5.82 Å². The molecule has 4 atom stereocenters. The smallest absolute Gasteiger partial charge is 0.310 e. The zero-order valence-corrected chi connectivity index (χ0v) is 13.5.